The Morgan fingerprint density at radius 1 is 0.953 bits per heavy atom. The molecule has 0 unspecified atom stereocenters. The molecule has 0 saturated heterocycles. The molecule has 0 amide bonds. The van der Waals surface area contributed by atoms with E-state index in [4.69, 9.17) is 46.6 Å². The molecule has 12 N–H and O–H groups in total. The molecule has 0 aliphatic heterocycles. The van der Waals surface area contributed by atoms with Gasteiger partial charge in [0.15, 0.2) is 0 Å². The van der Waals surface area contributed by atoms with E-state index in [2.05, 4.69) is 47.1 Å². The van der Waals surface area contributed by atoms with Crippen LogP contribution in [-0.4, -0.2) is 43.1 Å². The van der Waals surface area contributed by atoms with Crippen LogP contribution >= 0.6 is 46.7 Å². The van der Waals surface area contributed by atoms with Crippen LogP contribution in [-0.2, 0) is 0 Å². The molecule has 16 nitrogen and oxygen atoms in total. The average molecular weight is 664 g/mol. The van der Waals surface area contributed by atoms with Gasteiger partial charge in [-0.3, -0.25) is 0 Å². The van der Waals surface area contributed by atoms with Crippen molar-refractivity contribution in [3.63, 3.8) is 0 Å². The number of nitrogens with zero attached hydrogens (tertiary/aromatic N) is 6. The number of nitriles is 2. The summed E-state index contributed by atoms with van der Waals surface area (Å²) in [5, 5.41) is 26.9. The third-order valence-corrected chi connectivity index (χ3v) is 8.09. The van der Waals surface area contributed by atoms with Crippen LogP contribution in [0.5, 0.6) is 0 Å². The van der Waals surface area contributed by atoms with Crippen LogP contribution in [0.15, 0.2) is 48.0 Å². The molecule has 43 heavy (non-hydrogen) atoms. The van der Waals surface area contributed by atoms with Crippen LogP contribution in [0.3, 0.4) is 0 Å². The van der Waals surface area contributed by atoms with Gasteiger partial charge in [-0.1, -0.05) is 46.7 Å². The number of aromatic amines is 2. The van der Waals surface area contributed by atoms with Gasteiger partial charge in [0, 0.05) is 22.2 Å². The predicted octanol–water partition coefficient (Wildman–Crippen LogP) is 0.790. The molecule has 1 saturated carbocycles. The van der Waals surface area contributed by atoms with Gasteiger partial charge in [0.25, 0.3) is 0 Å². The van der Waals surface area contributed by atoms with Crippen molar-refractivity contribution in [3.05, 3.63) is 66.0 Å². The van der Waals surface area contributed by atoms with Crippen LogP contribution in [0.2, 0.25) is 10.0 Å². The lowest BCUT2D eigenvalue weighted by molar-refractivity contribution is 0.881. The standard InChI is InChI=1S/C13H11Cl2N7OS.C10H13N7OS/c14-6-1-2-7(9(15)3-6)11-8(4-16)12(20-13(23)19-11)24-5-10(21-17)22-18;11-3-6-8(5-1-2-5)14-10(18)15-9(6)19-4-7(16-12)17-13/h1-3H,5,17-18H2,(H,21,22)(H,19,20,23);5H,1-2,4,12-13H2,(H,16,17)(H,14,15,18). The summed E-state index contributed by atoms with van der Waals surface area (Å²) in [5.74, 6) is 22.1. The van der Waals surface area contributed by atoms with Crippen molar-refractivity contribution < 1.29 is 0 Å². The number of hydrazine groups is 2. The van der Waals surface area contributed by atoms with E-state index < -0.39 is 11.4 Å². The fraction of sp³-hybridized carbons (Fsp3) is 0.217. The highest BCUT2D eigenvalue weighted by molar-refractivity contribution is 8.00. The van der Waals surface area contributed by atoms with E-state index in [-0.39, 0.29) is 33.8 Å². The van der Waals surface area contributed by atoms with E-state index in [0.29, 0.717) is 43.5 Å². The number of nitrogens with one attached hydrogen (secondary N) is 4. The number of rotatable bonds is 8. The quantitative estimate of drug-likeness (QED) is 0.0413. The normalized spacial score (nSPS) is 12.9. The van der Waals surface area contributed by atoms with Crippen molar-refractivity contribution >= 4 is 58.4 Å². The molecule has 1 fully saturated rings. The second kappa shape index (κ2) is 15.8. The van der Waals surface area contributed by atoms with Crippen molar-refractivity contribution in [1.29, 1.82) is 10.5 Å². The third kappa shape index (κ3) is 8.85. The summed E-state index contributed by atoms with van der Waals surface area (Å²) in [5.41, 5.74) is 5.55. The van der Waals surface area contributed by atoms with Gasteiger partial charge >= 0.3 is 11.4 Å². The third-order valence-electron chi connectivity index (χ3n) is 5.57. The summed E-state index contributed by atoms with van der Waals surface area (Å²) < 4.78 is 0. The first-order valence-electron chi connectivity index (χ1n) is 12.0. The van der Waals surface area contributed by atoms with Gasteiger partial charge in [0.2, 0.25) is 0 Å². The highest BCUT2D eigenvalue weighted by Gasteiger charge is 2.29. The number of hydrogen-bond acceptors (Lipinski definition) is 14. The summed E-state index contributed by atoms with van der Waals surface area (Å²) in [4.78, 5) is 36.2. The number of thioether (sulfide) groups is 2. The van der Waals surface area contributed by atoms with Gasteiger partial charge in [-0.05, 0) is 31.0 Å². The number of halogens is 2. The van der Waals surface area contributed by atoms with Gasteiger partial charge in [0.1, 0.15) is 45.0 Å². The minimum atomic E-state index is -0.621. The molecule has 2 aromatic heterocycles. The Kier molecular flexibility index (Phi) is 12.2. The molecule has 20 heteroatoms. The van der Waals surface area contributed by atoms with E-state index in [9.17, 15) is 20.1 Å². The number of benzene rings is 1. The van der Waals surface area contributed by atoms with Crippen LogP contribution in [0.25, 0.3) is 11.3 Å². The number of amidine groups is 2. The topological polar surface area (TPSA) is 292 Å². The lowest BCUT2D eigenvalue weighted by Crippen LogP contribution is -2.33. The van der Waals surface area contributed by atoms with Gasteiger partial charge in [-0.15, -0.1) is 0 Å². The van der Waals surface area contributed by atoms with Crippen LogP contribution in [0, 0.1) is 22.7 Å². The molecular formula is C23H24Cl2N14O2S2. The maximum absolute atomic E-state index is 11.9. The number of aromatic nitrogens is 4. The van der Waals surface area contributed by atoms with E-state index >= 15 is 0 Å². The molecule has 1 aliphatic rings. The Hall–Kier alpha value is -4.30. The smallest absolute Gasteiger partial charge is 0.322 e. The predicted molar refractivity (Wildman–Crippen MR) is 166 cm³/mol. The molecule has 1 aliphatic carbocycles. The van der Waals surface area contributed by atoms with Crippen LogP contribution in [0.4, 0.5) is 0 Å². The zero-order valence-electron chi connectivity index (χ0n) is 22.0. The first-order chi connectivity index (χ1) is 20.7. The maximum Gasteiger partial charge on any atom is 0.346 e. The molecule has 1 aromatic carbocycles. The molecule has 0 radical (unpaired) electrons. The Bertz CT molecular complexity index is 1740. The second-order valence-electron chi connectivity index (χ2n) is 8.37. The van der Waals surface area contributed by atoms with Crippen LogP contribution < -0.4 is 45.6 Å². The van der Waals surface area contributed by atoms with Crippen molar-refractivity contribution in [2.45, 2.75) is 28.8 Å². The largest absolute Gasteiger partial charge is 0.346 e. The van der Waals surface area contributed by atoms with Gasteiger partial charge < -0.3 is 32.5 Å². The van der Waals surface area contributed by atoms with E-state index in [1.807, 2.05) is 6.07 Å². The lowest BCUT2D eigenvalue weighted by atomic mass is 10.1. The molecule has 0 spiro atoms. The zero-order chi connectivity index (χ0) is 31.5. The summed E-state index contributed by atoms with van der Waals surface area (Å²) in [7, 11) is 0. The van der Waals surface area contributed by atoms with Crippen LogP contribution in [0.1, 0.15) is 35.6 Å². The van der Waals surface area contributed by atoms with Gasteiger partial charge in [-0.25, -0.2) is 21.3 Å². The Labute approximate surface area is 262 Å². The summed E-state index contributed by atoms with van der Waals surface area (Å²) >= 11 is 14.3. The van der Waals surface area contributed by atoms with Gasteiger partial charge in [-0.2, -0.15) is 30.7 Å². The van der Waals surface area contributed by atoms with Gasteiger partial charge in [0.05, 0.1) is 22.2 Å². The van der Waals surface area contributed by atoms with Crippen molar-refractivity contribution in [1.82, 2.24) is 30.8 Å². The first-order valence-corrected chi connectivity index (χ1v) is 14.7. The molecular weight excluding hydrogens is 639 g/mol. The Balaban J connectivity index is 0.000000242. The number of nitrogens with two attached hydrogens (primary N) is 4. The highest BCUT2D eigenvalue weighted by atomic mass is 35.5. The lowest BCUT2D eigenvalue weighted by Gasteiger charge is -2.10. The number of hydrazone groups is 2. The number of H-pyrrole nitrogens is 2. The summed E-state index contributed by atoms with van der Waals surface area (Å²) in [6, 6.07) is 8.85. The van der Waals surface area contributed by atoms with Crippen molar-refractivity contribution in [2.24, 2.45) is 33.6 Å². The minimum absolute atomic E-state index is 0.164. The second-order valence-corrected chi connectivity index (χ2v) is 11.1. The fourth-order valence-electron chi connectivity index (χ4n) is 3.42. The zero-order valence-corrected chi connectivity index (χ0v) is 25.2. The molecule has 4 rings (SSSR count). The fourth-order valence-corrected chi connectivity index (χ4v) is 5.67. The highest BCUT2D eigenvalue weighted by Crippen LogP contribution is 2.41. The maximum atomic E-state index is 11.9. The van der Waals surface area contributed by atoms with E-state index in [1.165, 1.54) is 17.8 Å². The molecule has 0 bridgehead atoms. The molecule has 0 atom stereocenters. The Morgan fingerprint density at radius 2 is 1.49 bits per heavy atom. The average Bonchev–Trinajstić information content (AvgIpc) is 3.84. The summed E-state index contributed by atoms with van der Waals surface area (Å²) in [6.45, 7) is 0. The first kappa shape index (κ1) is 33.2. The molecule has 2 heterocycles. The summed E-state index contributed by atoms with van der Waals surface area (Å²) in [6.07, 6.45) is 1.97. The van der Waals surface area contributed by atoms with Crippen molar-refractivity contribution in [3.8, 4) is 23.4 Å². The Morgan fingerprint density at radius 3 is 1.95 bits per heavy atom. The number of hydrogen-bond donors (Lipinski definition) is 8. The van der Waals surface area contributed by atoms with Crippen molar-refractivity contribution in [2.75, 3.05) is 11.5 Å². The SMILES string of the molecule is N#Cc1c(SC/C(=N/N)NN)nc(=O)[nH]c1-c1ccc(Cl)cc1Cl.N#Cc1c(SC/C(=N/N)NN)nc(=O)[nH]c1C1CC1. The minimum Gasteiger partial charge on any atom is -0.322 e. The molecule has 3 aromatic rings. The molecule has 224 valence electrons. The van der Waals surface area contributed by atoms with E-state index in [1.54, 1.807) is 12.1 Å². The monoisotopic (exact) mass is 662 g/mol. The van der Waals surface area contributed by atoms with E-state index in [0.717, 1.165) is 24.6 Å².